The van der Waals surface area contributed by atoms with Gasteiger partial charge in [0.1, 0.15) is 5.82 Å². The minimum atomic E-state index is -0.839. The van der Waals surface area contributed by atoms with Crippen LogP contribution in [0.2, 0.25) is 0 Å². The number of fused-ring (bicyclic) bond motifs is 1. The standard InChI is InChI=1S/C31H42N6O2/c1-22-10-12-26(18-25(22)20-36-17-14-32-28(36)21-35-15-8-6-7-9-16-35)37-29-23(2)24(19-31(3,4)30(38)39)11-13-27(29)34(5)33-37/h10-14,17-18,33H,6-9,15-16,19-21H2,1-5H3,(H,38,39). The van der Waals surface area contributed by atoms with Crippen molar-refractivity contribution < 1.29 is 9.90 Å². The fourth-order valence-electron chi connectivity index (χ4n) is 5.75. The molecule has 0 bridgehead atoms. The van der Waals surface area contributed by atoms with Gasteiger partial charge >= 0.3 is 5.97 Å². The fourth-order valence-corrected chi connectivity index (χ4v) is 5.75. The Bertz CT molecular complexity index is 1340. The SMILES string of the molecule is Cc1ccc(N2NN(C)c3ccc(CC(C)(C)C(=O)O)c(C)c32)cc1Cn1ccnc1CN1CCCCCC1. The summed E-state index contributed by atoms with van der Waals surface area (Å²) in [6, 6.07) is 10.7. The Morgan fingerprint density at radius 3 is 2.49 bits per heavy atom. The minimum absolute atomic E-state index is 0.471. The van der Waals surface area contributed by atoms with Gasteiger partial charge in [0.15, 0.2) is 0 Å². The van der Waals surface area contributed by atoms with Gasteiger partial charge in [0.2, 0.25) is 0 Å². The molecule has 208 valence electrons. The van der Waals surface area contributed by atoms with E-state index in [-0.39, 0.29) is 0 Å². The molecule has 8 nitrogen and oxygen atoms in total. The van der Waals surface area contributed by atoms with Gasteiger partial charge in [-0.05, 0) is 100 Å². The van der Waals surface area contributed by atoms with Crippen LogP contribution >= 0.6 is 0 Å². The number of aromatic nitrogens is 2. The number of aliphatic carboxylic acids is 1. The number of nitrogens with zero attached hydrogens (tertiary/aromatic N) is 5. The lowest BCUT2D eigenvalue weighted by Gasteiger charge is -2.25. The first kappa shape index (κ1) is 27.2. The second-order valence-corrected chi connectivity index (χ2v) is 11.9. The Morgan fingerprint density at radius 2 is 1.77 bits per heavy atom. The molecule has 8 heteroatoms. The van der Waals surface area contributed by atoms with Crippen LogP contribution in [0.25, 0.3) is 0 Å². The Kier molecular flexibility index (Phi) is 7.69. The lowest BCUT2D eigenvalue weighted by Crippen LogP contribution is -2.39. The van der Waals surface area contributed by atoms with Crippen LogP contribution in [0, 0.1) is 19.3 Å². The molecular formula is C31H42N6O2. The summed E-state index contributed by atoms with van der Waals surface area (Å²) in [7, 11) is 2.01. The predicted molar refractivity (Wildman–Crippen MR) is 156 cm³/mol. The first-order valence-electron chi connectivity index (χ1n) is 14.1. The maximum Gasteiger partial charge on any atom is 0.309 e. The molecule has 5 rings (SSSR count). The number of carbonyl (C=O) groups is 1. The summed E-state index contributed by atoms with van der Waals surface area (Å²) in [5.41, 5.74) is 10.5. The lowest BCUT2D eigenvalue weighted by molar-refractivity contribution is -0.146. The van der Waals surface area contributed by atoms with E-state index >= 15 is 0 Å². The van der Waals surface area contributed by atoms with Crippen molar-refractivity contribution in [1.82, 2.24) is 20.0 Å². The van der Waals surface area contributed by atoms with Crippen molar-refractivity contribution in [1.29, 1.82) is 0 Å². The van der Waals surface area contributed by atoms with E-state index in [4.69, 9.17) is 4.98 Å². The quantitative estimate of drug-likeness (QED) is 0.393. The molecule has 3 aromatic rings. The summed E-state index contributed by atoms with van der Waals surface area (Å²) < 4.78 is 2.28. The summed E-state index contributed by atoms with van der Waals surface area (Å²) in [6.45, 7) is 11.8. The van der Waals surface area contributed by atoms with Gasteiger partial charge in [0.05, 0.1) is 29.0 Å². The first-order valence-corrected chi connectivity index (χ1v) is 14.1. The summed E-state index contributed by atoms with van der Waals surface area (Å²) in [4.78, 5) is 19.1. The van der Waals surface area contributed by atoms with Crippen LogP contribution < -0.4 is 15.6 Å². The molecule has 2 aromatic carbocycles. The van der Waals surface area contributed by atoms with Crippen molar-refractivity contribution in [2.24, 2.45) is 5.41 Å². The van der Waals surface area contributed by atoms with Gasteiger partial charge in [-0.3, -0.25) is 19.7 Å². The monoisotopic (exact) mass is 530 g/mol. The number of hydrogen-bond donors (Lipinski definition) is 2. The Hall–Kier alpha value is -3.36. The third-order valence-corrected chi connectivity index (χ3v) is 8.37. The molecule has 0 radical (unpaired) electrons. The van der Waals surface area contributed by atoms with Gasteiger partial charge in [0, 0.05) is 26.0 Å². The second-order valence-electron chi connectivity index (χ2n) is 11.9. The van der Waals surface area contributed by atoms with Crippen LogP contribution in [0.5, 0.6) is 0 Å². The van der Waals surface area contributed by atoms with Crippen molar-refractivity contribution in [2.45, 2.75) is 72.9 Å². The highest BCUT2D eigenvalue weighted by atomic mass is 16.4. The zero-order chi connectivity index (χ0) is 27.7. The molecule has 1 aromatic heterocycles. The van der Waals surface area contributed by atoms with Crippen molar-refractivity contribution in [3.05, 3.63) is 70.8 Å². The number of carboxylic acid groups (broad SMARTS) is 1. The molecule has 39 heavy (non-hydrogen) atoms. The fraction of sp³-hybridized carbons (Fsp3) is 0.484. The zero-order valence-corrected chi connectivity index (χ0v) is 24.0. The van der Waals surface area contributed by atoms with E-state index in [0.29, 0.717) is 6.42 Å². The number of likely N-dealkylation sites (tertiary alicyclic amines) is 1. The van der Waals surface area contributed by atoms with E-state index in [2.05, 4.69) is 70.4 Å². The number of anilines is 3. The number of rotatable bonds is 8. The third kappa shape index (κ3) is 5.68. The second kappa shape index (κ2) is 11.0. The number of imidazole rings is 1. The number of hydrogen-bond acceptors (Lipinski definition) is 6. The average Bonchev–Trinajstić information content (AvgIpc) is 3.36. The van der Waals surface area contributed by atoms with Crippen LogP contribution in [0.1, 0.15) is 67.6 Å². The highest BCUT2D eigenvalue weighted by Crippen LogP contribution is 2.42. The number of benzene rings is 2. The van der Waals surface area contributed by atoms with E-state index < -0.39 is 11.4 Å². The van der Waals surface area contributed by atoms with E-state index in [1.165, 1.54) is 36.8 Å². The first-order chi connectivity index (χ1) is 18.6. The molecule has 2 aliphatic heterocycles. The number of hydrazine groups is 2. The summed E-state index contributed by atoms with van der Waals surface area (Å²) >= 11 is 0. The Labute approximate surface area is 232 Å². The smallest absolute Gasteiger partial charge is 0.309 e. The molecular weight excluding hydrogens is 488 g/mol. The largest absolute Gasteiger partial charge is 0.481 e. The van der Waals surface area contributed by atoms with E-state index in [1.807, 2.05) is 18.3 Å². The molecule has 0 unspecified atom stereocenters. The van der Waals surface area contributed by atoms with Crippen LogP contribution in [0.3, 0.4) is 0 Å². The van der Waals surface area contributed by atoms with Gasteiger partial charge < -0.3 is 9.67 Å². The van der Waals surface area contributed by atoms with Crippen LogP contribution in [-0.4, -0.2) is 45.7 Å². The van der Waals surface area contributed by atoms with Gasteiger partial charge in [-0.25, -0.2) is 4.98 Å². The molecule has 1 fully saturated rings. The third-order valence-electron chi connectivity index (χ3n) is 8.37. The molecule has 2 aliphatic rings. The lowest BCUT2D eigenvalue weighted by atomic mass is 9.84. The Morgan fingerprint density at radius 1 is 1.03 bits per heavy atom. The number of nitrogens with one attached hydrogen (secondary N) is 1. The van der Waals surface area contributed by atoms with Crippen molar-refractivity contribution in [3.63, 3.8) is 0 Å². The maximum absolute atomic E-state index is 11.8. The molecule has 3 heterocycles. The van der Waals surface area contributed by atoms with E-state index in [0.717, 1.165) is 60.2 Å². The highest BCUT2D eigenvalue weighted by Gasteiger charge is 2.32. The van der Waals surface area contributed by atoms with Gasteiger partial charge in [-0.15, -0.1) is 5.53 Å². The van der Waals surface area contributed by atoms with Gasteiger partial charge in [-0.2, -0.15) is 0 Å². The average molecular weight is 531 g/mol. The molecule has 0 spiro atoms. The maximum atomic E-state index is 11.8. The van der Waals surface area contributed by atoms with Crippen molar-refractivity contribution in [2.75, 3.05) is 30.2 Å². The van der Waals surface area contributed by atoms with Crippen molar-refractivity contribution in [3.8, 4) is 0 Å². The molecule has 1 saturated heterocycles. The molecule has 0 aliphatic carbocycles. The predicted octanol–water partition coefficient (Wildman–Crippen LogP) is 5.59. The van der Waals surface area contributed by atoms with Gasteiger partial charge in [0.25, 0.3) is 0 Å². The van der Waals surface area contributed by atoms with Gasteiger partial charge in [-0.1, -0.05) is 25.0 Å². The van der Waals surface area contributed by atoms with Crippen LogP contribution in [0.4, 0.5) is 17.1 Å². The van der Waals surface area contributed by atoms with E-state index in [9.17, 15) is 9.90 Å². The summed E-state index contributed by atoms with van der Waals surface area (Å²) in [5, 5.41) is 13.8. The number of carboxylic acids is 1. The topological polar surface area (TPSA) is 76.9 Å². The molecule has 0 saturated carbocycles. The summed E-state index contributed by atoms with van der Waals surface area (Å²) in [6.07, 6.45) is 9.69. The number of aryl methyl sites for hydroxylation is 1. The molecule has 0 atom stereocenters. The normalized spacial score (nSPS) is 16.4. The minimum Gasteiger partial charge on any atom is -0.481 e. The summed E-state index contributed by atoms with van der Waals surface area (Å²) in [5.74, 6) is 0.333. The van der Waals surface area contributed by atoms with Crippen LogP contribution in [0.15, 0.2) is 42.7 Å². The van der Waals surface area contributed by atoms with Crippen LogP contribution in [-0.2, 0) is 24.3 Å². The molecule has 2 N–H and O–H groups in total. The highest BCUT2D eigenvalue weighted by molar-refractivity contribution is 5.84. The van der Waals surface area contributed by atoms with Crippen molar-refractivity contribution >= 4 is 23.0 Å². The molecule has 0 amide bonds. The Balaban J connectivity index is 1.42. The zero-order valence-electron chi connectivity index (χ0n) is 24.0. The van der Waals surface area contributed by atoms with E-state index in [1.54, 1.807) is 13.8 Å².